The van der Waals surface area contributed by atoms with Crippen LogP contribution in [0.1, 0.15) is 26.0 Å². The van der Waals surface area contributed by atoms with Crippen molar-refractivity contribution in [1.29, 1.82) is 0 Å². The van der Waals surface area contributed by atoms with Gasteiger partial charge in [0.25, 0.3) is 10.0 Å². The summed E-state index contributed by atoms with van der Waals surface area (Å²) < 4.78 is 31.6. The van der Waals surface area contributed by atoms with Crippen LogP contribution in [0.4, 0.5) is 0 Å². The number of furan rings is 1. The summed E-state index contributed by atoms with van der Waals surface area (Å²) in [7, 11) is -3.51. The first-order valence-corrected chi connectivity index (χ1v) is 7.66. The van der Waals surface area contributed by atoms with Crippen molar-refractivity contribution in [3.05, 3.63) is 17.9 Å². The summed E-state index contributed by atoms with van der Waals surface area (Å²) in [6.45, 7) is 5.48. The Morgan fingerprint density at radius 1 is 1.33 bits per heavy atom. The van der Waals surface area contributed by atoms with Gasteiger partial charge in [-0.15, -0.1) is 0 Å². The standard InChI is InChI=1S/C12H20N2O3S/c1-9-5-10(2)8-14(7-9)18(15,16)12-4-3-11(6-13)17-12/h3-4,9-10H,5-8,13H2,1-2H3. The topological polar surface area (TPSA) is 76.5 Å². The zero-order chi connectivity index (χ0) is 13.3. The van der Waals surface area contributed by atoms with Crippen molar-refractivity contribution in [3.8, 4) is 0 Å². The average molecular weight is 272 g/mol. The second-order valence-corrected chi connectivity index (χ2v) is 7.06. The zero-order valence-electron chi connectivity index (χ0n) is 10.8. The van der Waals surface area contributed by atoms with Crippen LogP contribution in [-0.4, -0.2) is 25.8 Å². The Morgan fingerprint density at radius 3 is 2.44 bits per heavy atom. The maximum atomic E-state index is 12.4. The summed E-state index contributed by atoms with van der Waals surface area (Å²) in [6, 6.07) is 3.10. The summed E-state index contributed by atoms with van der Waals surface area (Å²) >= 11 is 0. The molecule has 2 N–H and O–H groups in total. The third-order valence-electron chi connectivity index (χ3n) is 3.27. The van der Waals surface area contributed by atoms with Gasteiger partial charge < -0.3 is 10.2 Å². The number of nitrogens with zero attached hydrogens (tertiary/aromatic N) is 1. The van der Waals surface area contributed by atoms with Gasteiger partial charge in [0.2, 0.25) is 5.09 Å². The van der Waals surface area contributed by atoms with Gasteiger partial charge >= 0.3 is 0 Å². The first-order chi connectivity index (χ1) is 8.43. The molecule has 0 spiro atoms. The number of rotatable bonds is 3. The van der Waals surface area contributed by atoms with Crippen molar-refractivity contribution in [2.45, 2.75) is 31.9 Å². The SMILES string of the molecule is CC1CC(C)CN(S(=O)(=O)c2ccc(CN)o2)C1. The van der Waals surface area contributed by atoms with Crippen molar-refractivity contribution >= 4 is 10.0 Å². The fourth-order valence-corrected chi connectivity index (χ4v) is 4.14. The minimum absolute atomic E-state index is 0.00394. The molecule has 5 nitrogen and oxygen atoms in total. The molecule has 18 heavy (non-hydrogen) atoms. The van der Waals surface area contributed by atoms with E-state index >= 15 is 0 Å². The van der Waals surface area contributed by atoms with Crippen LogP contribution < -0.4 is 5.73 Å². The van der Waals surface area contributed by atoms with Crippen molar-refractivity contribution in [2.75, 3.05) is 13.1 Å². The van der Waals surface area contributed by atoms with E-state index in [2.05, 4.69) is 13.8 Å². The van der Waals surface area contributed by atoms with E-state index in [4.69, 9.17) is 10.2 Å². The van der Waals surface area contributed by atoms with Gasteiger partial charge in [-0.05, 0) is 30.4 Å². The molecule has 1 aliphatic heterocycles. The molecule has 1 aliphatic rings. The van der Waals surface area contributed by atoms with Crippen molar-refractivity contribution in [2.24, 2.45) is 17.6 Å². The van der Waals surface area contributed by atoms with Gasteiger partial charge in [-0.2, -0.15) is 4.31 Å². The maximum absolute atomic E-state index is 12.4. The van der Waals surface area contributed by atoms with Crippen molar-refractivity contribution in [3.63, 3.8) is 0 Å². The molecule has 1 aromatic heterocycles. The lowest BCUT2D eigenvalue weighted by atomic mass is 9.94. The summed E-state index contributed by atoms with van der Waals surface area (Å²) in [6.07, 6.45) is 1.07. The molecule has 2 unspecified atom stereocenters. The fraction of sp³-hybridized carbons (Fsp3) is 0.667. The molecule has 1 saturated heterocycles. The number of piperidine rings is 1. The van der Waals surface area contributed by atoms with Crippen molar-refractivity contribution in [1.82, 2.24) is 4.31 Å². The zero-order valence-corrected chi connectivity index (χ0v) is 11.6. The van der Waals surface area contributed by atoms with Gasteiger partial charge in [-0.1, -0.05) is 13.8 Å². The Kier molecular flexibility index (Phi) is 3.79. The Bertz CT molecular complexity index is 499. The minimum atomic E-state index is -3.51. The molecule has 2 heterocycles. The van der Waals surface area contributed by atoms with Crippen LogP contribution in [0, 0.1) is 11.8 Å². The lowest BCUT2D eigenvalue weighted by molar-refractivity contribution is 0.218. The molecule has 1 aromatic rings. The second-order valence-electron chi connectivity index (χ2n) is 5.19. The Morgan fingerprint density at radius 2 is 1.94 bits per heavy atom. The molecule has 0 aliphatic carbocycles. The van der Waals surface area contributed by atoms with Crippen LogP contribution in [0.3, 0.4) is 0 Å². The summed E-state index contributed by atoms with van der Waals surface area (Å²) in [5, 5.41) is 0.00394. The highest BCUT2D eigenvalue weighted by Gasteiger charge is 2.33. The summed E-state index contributed by atoms with van der Waals surface area (Å²) in [5.74, 6) is 1.26. The van der Waals surface area contributed by atoms with Crippen molar-refractivity contribution < 1.29 is 12.8 Å². The van der Waals surface area contributed by atoms with Gasteiger partial charge in [-0.3, -0.25) is 0 Å². The smallest absolute Gasteiger partial charge is 0.276 e. The van der Waals surface area contributed by atoms with E-state index in [1.165, 1.54) is 10.4 Å². The molecule has 0 amide bonds. The Hall–Kier alpha value is -0.850. The molecule has 2 atom stereocenters. The molecule has 0 aromatic carbocycles. The predicted octanol–water partition coefficient (Wildman–Crippen LogP) is 1.40. The average Bonchev–Trinajstić information content (AvgIpc) is 2.76. The van der Waals surface area contributed by atoms with Crippen LogP contribution in [0.25, 0.3) is 0 Å². The van der Waals surface area contributed by atoms with E-state index in [0.717, 1.165) is 6.42 Å². The lowest BCUT2D eigenvalue weighted by Crippen LogP contribution is -2.42. The fourth-order valence-electron chi connectivity index (χ4n) is 2.54. The summed E-state index contributed by atoms with van der Waals surface area (Å²) in [5.41, 5.74) is 5.43. The quantitative estimate of drug-likeness (QED) is 0.902. The monoisotopic (exact) mass is 272 g/mol. The predicted molar refractivity (Wildman–Crippen MR) is 68.3 cm³/mol. The third kappa shape index (κ3) is 2.60. The molecule has 0 radical (unpaired) electrons. The number of sulfonamides is 1. The normalized spacial score (nSPS) is 26.4. The van der Waals surface area contributed by atoms with E-state index in [9.17, 15) is 8.42 Å². The van der Waals surface area contributed by atoms with Crippen LogP contribution in [0.2, 0.25) is 0 Å². The molecule has 0 bridgehead atoms. The first-order valence-electron chi connectivity index (χ1n) is 6.22. The van der Waals surface area contributed by atoms with Crippen LogP contribution in [-0.2, 0) is 16.6 Å². The highest BCUT2D eigenvalue weighted by atomic mass is 32.2. The first kappa shape index (κ1) is 13.6. The van der Waals surface area contributed by atoms with Gasteiger partial charge in [0.15, 0.2) is 0 Å². The Labute approximate surface area is 108 Å². The maximum Gasteiger partial charge on any atom is 0.276 e. The molecule has 6 heteroatoms. The van der Waals surface area contributed by atoms with Gasteiger partial charge in [0, 0.05) is 13.1 Å². The second kappa shape index (κ2) is 5.03. The molecular formula is C12H20N2O3S. The van der Waals surface area contributed by atoms with E-state index in [0.29, 0.717) is 30.7 Å². The van der Waals surface area contributed by atoms with E-state index < -0.39 is 10.0 Å². The molecular weight excluding hydrogens is 252 g/mol. The molecule has 1 fully saturated rings. The molecule has 102 valence electrons. The Balaban J connectivity index is 2.25. The van der Waals surface area contributed by atoms with E-state index in [1.807, 2.05) is 0 Å². The highest BCUT2D eigenvalue weighted by molar-refractivity contribution is 7.89. The summed E-state index contributed by atoms with van der Waals surface area (Å²) in [4.78, 5) is 0. The number of nitrogens with two attached hydrogens (primary N) is 1. The molecule has 2 rings (SSSR count). The number of hydrogen-bond acceptors (Lipinski definition) is 4. The molecule has 0 saturated carbocycles. The van der Waals surface area contributed by atoms with E-state index in [-0.39, 0.29) is 11.6 Å². The van der Waals surface area contributed by atoms with Gasteiger partial charge in [-0.25, -0.2) is 8.42 Å². The third-order valence-corrected chi connectivity index (χ3v) is 4.97. The highest BCUT2D eigenvalue weighted by Crippen LogP contribution is 2.27. The minimum Gasteiger partial charge on any atom is -0.447 e. The van der Waals surface area contributed by atoms with Crippen LogP contribution >= 0.6 is 0 Å². The van der Waals surface area contributed by atoms with E-state index in [1.54, 1.807) is 6.07 Å². The van der Waals surface area contributed by atoms with Gasteiger partial charge in [0.1, 0.15) is 5.76 Å². The van der Waals surface area contributed by atoms with Gasteiger partial charge in [0.05, 0.1) is 6.54 Å². The van der Waals surface area contributed by atoms with Crippen LogP contribution in [0.5, 0.6) is 0 Å². The van der Waals surface area contributed by atoms with Crippen LogP contribution in [0.15, 0.2) is 21.6 Å². The number of hydrogen-bond donors (Lipinski definition) is 1. The largest absolute Gasteiger partial charge is 0.447 e. The lowest BCUT2D eigenvalue weighted by Gasteiger charge is -2.33.